The zero-order valence-corrected chi connectivity index (χ0v) is 20.6. The Morgan fingerprint density at radius 2 is 1.79 bits per heavy atom. The van der Waals surface area contributed by atoms with Crippen molar-refractivity contribution in [2.24, 2.45) is 5.92 Å². The largest absolute Gasteiger partial charge is 0.481 e. The summed E-state index contributed by atoms with van der Waals surface area (Å²) in [6.07, 6.45) is 0.0274. The predicted molar refractivity (Wildman–Crippen MR) is 129 cm³/mol. The molecule has 176 valence electrons. The number of aliphatic hydroxyl groups is 2. The number of methoxy groups -OCH3 is 1. The van der Waals surface area contributed by atoms with Gasteiger partial charge in [-0.1, -0.05) is 58.4 Å². The molecule has 34 heavy (non-hydrogen) atoms. The second kappa shape index (κ2) is 8.08. The number of hydrogen-bond acceptors (Lipinski definition) is 6. The number of nitrogens with zero attached hydrogens (tertiary/aromatic N) is 2. The third-order valence-corrected chi connectivity index (χ3v) is 7.54. The summed E-state index contributed by atoms with van der Waals surface area (Å²) in [5.41, 5.74) is -1.92. The first-order valence-electron chi connectivity index (χ1n) is 10.9. The Labute approximate surface area is 206 Å². The second-order valence-electron chi connectivity index (χ2n) is 8.90. The van der Waals surface area contributed by atoms with Gasteiger partial charge in [-0.15, -0.1) is 0 Å². The third-order valence-electron chi connectivity index (χ3n) is 7.01. The SMILES string of the molecule is COc1nccc2c1[C@]1(O)[C@H](O)[C@H](C(=O)N(C)C)[C@@H](c3ccccc3)[C@]1(c1ccc(Br)cc1)O2. The molecule has 2 heterocycles. The number of amides is 1. The van der Waals surface area contributed by atoms with Crippen molar-refractivity contribution < 1.29 is 24.5 Å². The lowest BCUT2D eigenvalue weighted by atomic mass is 9.70. The number of carbonyl (C=O) groups is 1. The van der Waals surface area contributed by atoms with Crippen LogP contribution in [0, 0.1) is 5.92 Å². The summed E-state index contributed by atoms with van der Waals surface area (Å²) in [7, 11) is 4.72. The van der Waals surface area contributed by atoms with E-state index in [1.165, 1.54) is 18.2 Å². The Balaban J connectivity index is 1.89. The van der Waals surface area contributed by atoms with E-state index >= 15 is 0 Å². The van der Waals surface area contributed by atoms with Gasteiger partial charge in [0.25, 0.3) is 0 Å². The number of carbonyl (C=O) groups excluding carboxylic acids is 1. The molecule has 8 heteroatoms. The van der Waals surface area contributed by atoms with E-state index in [9.17, 15) is 15.0 Å². The van der Waals surface area contributed by atoms with E-state index < -0.39 is 29.1 Å². The molecule has 0 unspecified atom stereocenters. The molecule has 1 amide bonds. The molecule has 1 aliphatic carbocycles. The molecular formula is C26H25BrN2O5. The average molecular weight is 525 g/mol. The number of aliphatic hydroxyl groups excluding tert-OH is 1. The summed E-state index contributed by atoms with van der Waals surface area (Å²) >= 11 is 3.47. The summed E-state index contributed by atoms with van der Waals surface area (Å²) in [5, 5.41) is 24.4. The lowest BCUT2D eigenvalue weighted by molar-refractivity contribution is -0.156. The standard InChI is InChI=1S/C26H25BrN2O5/c1-29(2)24(31)19-20(15-7-5-4-6-8-15)26(16-9-11-17(27)12-10-16)25(32,22(19)30)21-18(34-26)13-14-28-23(21)33-3/h4-14,19-20,22,30,32H,1-3H3/t19-,20-,22-,25+,26+/m1/s1. The molecular weight excluding hydrogens is 500 g/mol. The Kier molecular flexibility index (Phi) is 5.42. The Morgan fingerprint density at radius 3 is 2.41 bits per heavy atom. The van der Waals surface area contributed by atoms with Crippen LogP contribution in [0.3, 0.4) is 0 Å². The van der Waals surface area contributed by atoms with Crippen LogP contribution >= 0.6 is 15.9 Å². The van der Waals surface area contributed by atoms with E-state index in [-0.39, 0.29) is 17.4 Å². The predicted octanol–water partition coefficient (Wildman–Crippen LogP) is 3.19. The highest BCUT2D eigenvalue weighted by atomic mass is 79.9. The number of hydrogen-bond donors (Lipinski definition) is 2. The van der Waals surface area contributed by atoms with Crippen molar-refractivity contribution in [3.8, 4) is 11.6 Å². The molecule has 0 saturated heterocycles. The highest BCUT2D eigenvalue weighted by Crippen LogP contribution is 2.69. The van der Waals surface area contributed by atoms with Gasteiger partial charge in [-0.2, -0.15) is 0 Å². The average Bonchev–Trinajstić information content (AvgIpc) is 3.22. The monoisotopic (exact) mass is 524 g/mol. The Morgan fingerprint density at radius 1 is 1.12 bits per heavy atom. The molecule has 1 aliphatic heterocycles. The highest BCUT2D eigenvalue weighted by Gasteiger charge is 2.78. The maximum Gasteiger partial charge on any atom is 0.228 e. The van der Waals surface area contributed by atoms with E-state index in [0.29, 0.717) is 11.3 Å². The van der Waals surface area contributed by atoms with Crippen LogP contribution in [0.5, 0.6) is 11.6 Å². The number of ether oxygens (including phenoxy) is 2. The fraction of sp³-hybridized carbons (Fsp3) is 0.308. The third kappa shape index (κ3) is 2.88. The molecule has 5 rings (SSSR count). The maximum absolute atomic E-state index is 13.6. The van der Waals surface area contributed by atoms with Gasteiger partial charge in [-0.3, -0.25) is 4.79 Å². The van der Waals surface area contributed by atoms with Crippen molar-refractivity contribution in [3.63, 3.8) is 0 Å². The van der Waals surface area contributed by atoms with E-state index in [2.05, 4.69) is 20.9 Å². The fourth-order valence-corrected chi connectivity index (χ4v) is 5.92. The first-order chi connectivity index (χ1) is 16.3. The molecule has 0 spiro atoms. The summed E-state index contributed by atoms with van der Waals surface area (Å²) in [4.78, 5) is 19.3. The number of fused-ring (bicyclic) bond motifs is 3. The van der Waals surface area contributed by atoms with Gasteiger partial charge in [0, 0.05) is 30.7 Å². The molecule has 0 bridgehead atoms. The minimum absolute atomic E-state index is 0.141. The summed E-state index contributed by atoms with van der Waals surface area (Å²) in [6.45, 7) is 0. The van der Waals surface area contributed by atoms with Crippen LogP contribution in [0.1, 0.15) is 22.6 Å². The van der Waals surface area contributed by atoms with Crippen molar-refractivity contribution in [1.82, 2.24) is 9.88 Å². The highest BCUT2D eigenvalue weighted by molar-refractivity contribution is 9.10. The zero-order chi connectivity index (χ0) is 24.3. The van der Waals surface area contributed by atoms with Gasteiger partial charge in [-0.05, 0) is 29.3 Å². The summed E-state index contributed by atoms with van der Waals surface area (Å²) in [6, 6.07) is 18.4. The lowest BCUT2D eigenvalue weighted by Crippen LogP contribution is -2.52. The molecule has 1 saturated carbocycles. The van der Waals surface area contributed by atoms with Gasteiger partial charge in [0.05, 0.1) is 18.6 Å². The summed E-state index contributed by atoms with van der Waals surface area (Å²) < 4.78 is 13.0. The molecule has 0 radical (unpaired) electrons. The second-order valence-corrected chi connectivity index (χ2v) is 9.81. The van der Waals surface area contributed by atoms with E-state index in [4.69, 9.17) is 9.47 Å². The van der Waals surface area contributed by atoms with Crippen molar-refractivity contribution in [2.45, 2.75) is 23.2 Å². The topological polar surface area (TPSA) is 92.1 Å². The van der Waals surface area contributed by atoms with Gasteiger partial charge < -0.3 is 24.6 Å². The van der Waals surface area contributed by atoms with Crippen molar-refractivity contribution in [3.05, 3.63) is 88.0 Å². The number of rotatable bonds is 4. The molecule has 1 aromatic heterocycles. The first-order valence-corrected chi connectivity index (χ1v) is 11.7. The van der Waals surface area contributed by atoms with E-state index in [1.54, 1.807) is 20.2 Å². The quantitative estimate of drug-likeness (QED) is 0.544. The van der Waals surface area contributed by atoms with Crippen molar-refractivity contribution >= 4 is 21.8 Å². The number of pyridine rings is 1. The molecule has 3 aromatic rings. The molecule has 2 aliphatic rings. The molecule has 7 nitrogen and oxygen atoms in total. The number of aromatic nitrogens is 1. The van der Waals surface area contributed by atoms with Crippen LogP contribution in [0.4, 0.5) is 0 Å². The minimum atomic E-state index is -2.02. The van der Waals surface area contributed by atoms with Crippen LogP contribution in [0.2, 0.25) is 0 Å². The maximum atomic E-state index is 13.6. The van der Waals surface area contributed by atoms with Gasteiger partial charge in [0.15, 0.2) is 11.2 Å². The van der Waals surface area contributed by atoms with Gasteiger partial charge >= 0.3 is 0 Å². The number of halogens is 1. The van der Waals surface area contributed by atoms with Crippen LogP contribution in [0.25, 0.3) is 0 Å². The van der Waals surface area contributed by atoms with Gasteiger partial charge in [0.1, 0.15) is 11.9 Å². The fourth-order valence-electron chi connectivity index (χ4n) is 5.65. The zero-order valence-electron chi connectivity index (χ0n) is 19.0. The van der Waals surface area contributed by atoms with Crippen LogP contribution in [-0.4, -0.2) is 53.3 Å². The molecule has 1 fully saturated rings. The van der Waals surface area contributed by atoms with Crippen molar-refractivity contribution in [2.75, 3.05) is 21.2 Å². The van der Waals surface area contributed by atoms with E-state index in [1.807, 2.05) is 54.6 Å². The molecule has 2 N–H and O–H groups in total. The van der Waals surface area contributed by atoms with Crippen LogP contribution in [-0.2, 0) is 16.0 Å². The first kappa shape index (κ1) is 22.8. The smallest absolute Gasteiger partial charge is 0.228 e. The summed E-state index contributed by atoms with van der Waals surface area (Å²) in [5.74, 6) is -1.53. The normalized spacial score (nSPS) is 29.2. The minimum Gasteiger partial charge on any atom is -0.481 e. The van der Waals surface area contributed by atoms with Gasteiger partial charge in [-0.25, -0.2) is 4.98 Å². The van der Waals surface area contributed by atoms with Crippen molar-refractivity contribution in [1.29, 1.82) is 0 Å². The number of benzene rings is 2. The van der Waals surface area contributed by atoms with Gasteiger partial charge in [0.2, 0.25) is 11.8 Å². The van der Waals surface area contributed by atoms with Crippen LogP contribution in [0.15, 0.2) is 71.3 Å². The molecule has 2 aromatic carbocycles. The Bertz CT molecular complexity index is 1240. The molecule has 5 atom stereocenters. The Hall–Kier alpha value is -2.94. The van der Waals surface area contributed by atoms with E-state index in [0.717, 1.165) is 10.0 Å². The lowest BCUT2D eigenvalue weighted by Gasteiger charge is -2.40. The van der Waals surface area contributed by atoms with Crippen LogP contribution < -0.4 is 9.47 Å².